The molecule has 2 atom stereocenters. The molecule has 5 heteroatoms. The predicted octanol–water partition coefficient (Wildman–Crippen LogP) is 0.419. The maximum atomic E-state index is 11.0. The van der Waals surface area contributed by atoms with Gasteiger partial charge in [0.25, 0.3) is 0 Å². The highest BCUT2D eigenvalue weighted by Crippen LogP contribution is 2.24. The van der Waals surface area contributed by atoms with Gasteiger partial charge in [-0.15, -0.1) is 0 Å². The zero-order valence-corrected chi connectivity index (χ0v) is 12.2. The Balaban J connectivity index is 1.69. The van der Waals surface area contributed by atoms with Crippen molar-refractivity contribution in [1.29, 1.82) is 0 Å². The number of carboxylic acids is 1. The van der Waals surface area contributed by atoms with E-state index in [9.17, 15) is 4.79 Å². The summed E-state index contributed by atoms with van der Waals surface area (Å²) >= 11 is 0. The fourth-order valence-electron chi connectivity index (χ4n) is 3.24. The Kier molecular flexibility index (Phi) is 5.19. The fraction of sp³-hybridized carbons (Fsp3) is 0.929. The van der Waals surface area contributed by atoms with Gasteiger partial charge in [0, 0.05) is 19.1 Å². The highest BCUT2D eigenvalue weighted by Gasteiger charge is 2.35. The SMILES string of the molecule is CN(C)CCCN1CCC(N2CCC(C(=O)O)C2)C1. The van der Waals surface area contributed by atoms with Crippen molar-refractivity contribution in [3.05, 3.63) is 0 Å². The molecule has 0 aromatic heterocycles. The second-order valence-electron chi connectivity index (χ2n) is 6.22. The molecule has 2 heterocycles. The first-order valence-electron chi connectivity index (χ1n) is 7.40. The Morgan fingerprint density at radius 3 is 2.68 bits per heavy atom. The van der Waals surface area contributed by atoms with E-state index >= 15 is 0 Å². The van der Waals surface area contributed by atoms with Crippen LogP contribution in [0.2, 0.25) is 0 Å². The number of hydrogen-bond acceptors (Lipinski definition) is 4. The van der Waals surface area contributed by atoms with Gasteiger partial charge in [-0.1, -0.05) is 0 Å². The molecule has 2 saturated heterocycles. The molecule has 0 radical (unpaired) electrons. The molecule has 110 valence electrons. The molecule has 5 nitrogen and oxygen atoms in total. The lowest BCUT2D eigenvalue weighted by atomic mass is 10.1. The van der Waals surface area contributed by atoms with Gasteiger partial charge in [-0.05, 0) is 59.5 Å². The van der Waals surface area contributed by atoms with E-state index in [2.05, 4.69) is 28.8 Å². The molecule has 0 aliphatic carbocycles. The second-order valence-corrected chi connectivity index (χ2v) is 6.22. The average molecular weight is 269 g/mol. The van der Waals surface area contributed by atoms with Gasteiger partial charge >= 0.3 is 5.97 Å². The summed E-state index contributed by atoms with van der Waals surface area (Å²) in [5.74, 6) is -0.758. The van der Waals surface area contributed by atoms with E-state index in [1.54, 1.807) is 0 Å². The summed E-state index contributed by atoms with van der Waals surface area (Å²) in [6.07, 6.45) is 3.25. The number of nitrogens with zero attached hydrogens (tertiary/aromatic N) is 3. The molecule has 2 aliphatic rings. The topological polar surface area (TPSA) is 47.0 Å². The van der Waals surface area contributed by atoms with E-state index in [-0.39, 0.29) is 5.92 Å². The lowest BCUT2D eigenvalue weighted by Crippen LogP contribution is -2.37. The van der Waals surface area contributed by atoms with Crippen molar-refractivity contribution in [2.45, 2.75) is 25.3 Å². The summed E-state index contributed by atoms with van der Waals surface area (Å²) in [5, 5.41) is 9.05. The van der Waals surface area contributed by atoms with Gasteiger partial charge in [0.15, 0.2) is 0 Å². The van der Waals surface area contributed by atoms with Crippen LogP contribution in [-0.2, 0) is 4.79 Å². The second kappa shape index (κ2) is 6.68. The number of carboxylic acid groups (broad SMARTS) is 1. The van der Waals surface area contributed by atoms with Crippen molar-refractivity contribution in [1.82, 2.24) is 14.7 Å². The molecule has 2 fully saturated rings. The fourth-order valence-corrected chi connectivity index (χ4v) is 3.24. The van der Waals surface area contributed by atoms with Gasteiger partial charge in [0.05, 0.1) is 5.92 Å². The monoisotopic (exact) mass is 269 g/mol. The van der Waals surface area contributed by atoms with Crippen molar-refractivity contribution in [3.8, 4) is 0 Å². The number of carbonyl (C=O) groups is 1. The van der Waals surface area contributed by atoms with Crippen LogP contribution in [0.15, 0.2) is 0 Å². The quantitative estimate of drug-likeness (QED) is 0.757. The summed E-state index contributed by atoms with van der Waals surface area (Å²) in [6, 6.07) is 0.587. The van der Waals surface area contributed by atoms with Crippen molar-refractivity contribution in [2.75, 3.05) is 53.4 Å². The third-order valence-electron chi connectivity index (χ3n) is 4.41. The zero-order valence-electron chi connectivity index (χ0n) is 12.2. The Bertz CT molecular complexity index is 309. The zero-order chi connectivity index (χ0) is 13.8. The van der Waals surface area contributed by atoms with Crippen molar-refractivity contribution in [2.24, 2.45) is 5.92 Å². The number of likely N-dealkylation sites (tertiary alicyclic amines) is 2. The lowest BCUT2D eigenvalue weighted by Gasteiger charge is -2.24. The molecule has 0 saturated carbocycles. The molecule has 1 N–H and O–H groups in total. The summed E-state index contributed by atoms with van der Waals surface area (Å²) in [7, 11) is 4.23. The van der Waals surface area contributed by atoms with E-state index in [4.69, 9.17) is 5.11 Å². The highest BCUT2D eigenvalue weighted by molar-refractivity contribution is 5.70. The largest absolute Gasteiger partial charge is 0.481 e. The lowest BCUT2D eigenvalue weighted by molar-refractivity contribution is -0.141. The molecule has 0 aromatic carbocycles. The molecule has 0 spiro atoms. The minimum absolute atomic E-state index is 0.136. The average Bonchev–Trinajstić information content (AvgIpc) is 2.95. The smallest absolute Gasteiger partial charge is 0.307 e. The summed E-state index contributed by atoms with van der Waals surface area (Å²) in [5.41, 5.74) is 0. The van der Waals surface area contributed by atoms with E-state index in [1.165, 1.54) is 25.9 Å². The van der Waals surface area contributed by atoms with Crippen LogP contribution < -0.4 is 0 Å². The third kappa shape index (κ3) is 4.16. The molecule has 2 rings (SSSR count). The maximum absolute atomic E-state index is 11.0. The molecule has 0 amide bonds. The molecular formula is C14H27N3O2. The normalized spacial score (nSPS) is 29.4. The number of aliphatic carboxylic acids is 1. The van der Waals surface area contributed by atoms with Crippen LogP contribution in [0, 0.1) is 5.92 Å². The van der Waals surface area contributed by atoms with Gasteiger partial charge in [0.2, 0.25) is 0 Å². The van der Waals surface area contributed by atoms with Crippen molar-refractivity contribution >= 4 is 5.97 Å². The minimum Gasteiger partial charge on any atom is -0.481 e. The van der Waals surface area contributed by atoms with Gasteiger partial charge in [-0.3, -0.25) is 9.69 Å². The molecule has 2 unspecified atom stereocenters. The number of hydrogen-bond donors (Lipinski definition) is 1. The third-order valence-corrected chi connectivity index (χ3v) is 4.41. The first-order chi connectivity index (χ1) is 9.06. The van der Waals surface area contributed by atoms with Crippen molar-refractivity contribution in [3.63, 3.8) is 0 Å². The standard InChI is InChI=1S/C14H27N3O2/c1-15(2)6-3-7-16-8-5-13(11-16)17-9-4-12(10-17)14(18)19/h12-13H,3-11H2,1-2H3,(H,18,19). The Morgan fingerprint density at radius 1 is 1.26 bits per heavy atom. The minimum atomic E-state index is -0.622. The molecule has 0 bridgehead atoms. The van der Waals surface area contributed by atoms with E-state index < -0.39 is 5.97 Å². The van der Waals surface area contributed by atoms with Crippen molar-refractivity contribution < 1.29 is 9.90 Å². The van der Waals surface area contributed by atoms with Crippen LogP contribution in [0.1, 0.15) is 19.3 Å². The van der Waals surface area contributed by atoms with Crippen LogP contribution in [0.4, 0.5) is 0 Å². The van der Waals surface area contributed by atoms with Crippen LogP contribution in [0.3, 0.4) is 0 Å². The van der Waals surface area contributed by atoms with Crippen LogP contribution in [0.25, 0.3) is 0 Å². The van der Waals surface area contributed by atoms with Crippen LogP contribution in [-0.4, -0.2) is 85.2 Å². The van der Waals surface area contributed by atoms with Gasteiger partial charge < -0.3 is 14.9 Å². The van der Waals surface area contributed by atoms with E-state index in [0.29, 0.717) is 6.04 Å². The Morgan fingerprint density at radius 2 is 2.05 bits per heavy atom. The van der Waals surface area contributed by atoms with E-state index in [1.807, 2.05) is 0 Å². The van der Waals surface area contributed by atoms with Crippen LogP contribution >= 0.6 is 0 Å². The molecule has 0 aromatic rings. The first kappa shape index (κ1) is 14.8. The summed E-state index contributed by atoms with van der Waals surface area (Å²) < 4.78 is 0. The van der Waals surface area contributed by atoms with Gasteiger partial charge in [0.1, 0.15) is 0 Å². The molecule has 19 heavy (non-hydrogen) atoms. The summed E-state index contributed by atoms with van der Waals surface area (Å²) in [4.78, 5) is 18.1. The molecule has 2 aliphatic heterocycles. The highest BCUT2D eigenvalue weighted by atomic mass is 16.4. The van der Waals surface area contributed by atoms with Gasteiger partial charge in [-0.25, -0.2) is 0 Å². The van der Waals surface area contributed by atoms with Crippen LogP contribution in [0.5, 0.6) is 0 Å². The number of rotatable bonds is 6. The Hall–Kier alpha value is -0.650. The Labute approximate surface area is 116 Å². The first-order valence-corrected chi connectivity index (χ1v) is 7.40. The summed E-state index contributed by atoms with van der Waals surface area (Å²) in [6.45, 7) is 6.33. The van der Waals surface area contributed by atoms with E-state index in [0.717, 1.165) is 32.6 Å². The molecular weight excluding hydrogens is 242 g/mol. The maximum Gasteiger partial charge on any atom is 0.307 e. The van der Waals surface area contributed by atoms with Gasteiger partial charge in [-0.2, -0.15) is 0 Å². The predicted molar refractivity (Wildman–Crippen MR) is 75.3 cm³/mol.